The lowest BCUT2D eigenvalue weighted by Crippen LogP contribution is -2.31. The molecule has 0 fully saturated rings. The van der Waals surface area contributed by atoms with E-state index in [2.05, 4.69) is 15.7 Å². The first-order chi connectivity index (χ1) is 11.9. The first kappa shape index (κ1) is 16.4. The molecule has 0 spiro atoms. The highest BCUT2D eigenvalue weighted by atomic mass is 16.2. The van der Waals surface area contributed by atoms with Crippen molar-refractivity contribution in [1.29, 1.82) is 0 Å². The third kappa shape index (κ3) is 3.57. The van der Waals surface area contributed by atoms with Gasteiger partial charge in [-0.2, -0.15) is 5.10 Å². The predicted octanol–water partition coefficient (Wildman–Crippen LogP) is 1.40. The van der Waals surface area contributed by atoms with E-state index in [9.17, 15) is 14.4 Å². The molecule has 8 nitrogen and oxygen atoms in total. The fourth-order valence-corrected chi connectivity index (χ4v) is 2.52. The zero-order valence-corrected chi connectivity index (χ0v) is 13.8. The highest BCUT2D eigenvalue weighted by Gasteiger charge is 2.11. The molecule has 128 valence electrons. The number of hydrogen-bond donors (Lipinski definition) is 2. The van der Waals surface area contributed by atoms with Gasteiger partial charge in [0.25, 0.3) is 5.56 Å². The fraction of sp³-hybridized carbons (Fsp3) is 0.176. The fourth-order valence-electron chi connectivity index (χ4n) is 2.52. The van der Waals surface area contributed by atoms with E-state index in [0.717, 1.165) is 4.68 Å². The van der Waals surface area contributed by atoms with Gasteiger partial charge in [0.15, 0.2) is 0 Å². The summed E-state index contributed by atoms with van der Waals surface area (Å²) >= 11 is 0. The second-order valence-electron chi connectivity index (χ2n) is 5.58. The van der Waals surface area contributed by atoms with E-state index in [1.165, 1.54) is 6.92 Å². The van der Waals surface area contributed by atoms with Crippen LogP contribution in [0.2, 0.25) is 0 Å². The Bertz CT molecular complexity index is 1000. The third-order valence-corrected chi connectivity index (χ3v) is 3.60. The van der Waals surface area contributed by atoms with Gasteiger partial charge in [-0.1, -0.05) is 0 Å². The minimum Gasteiger partial charge on any atom is -0.326 e. The molecular weight excluding hydrogens is 322 g/mol. The van der Waals surface area contributed by atoms with E-state index in [-0.39, 0.29) is 23.9 Å². The van der Waals surface area contributed by atoms with Crippen molar-refractivity contribution in [2.45, 2.75) is 20.4 Å². The van der Waals surface area contributed by atoms with Crippen molar-refractivity contribution in [3.8, 4) is 0 Å². The monoisotopic (exact) mass is 339 g/mol. The number of rotatable bonds is 4. The van der Waals surface area contributed by atoms with Crippen molar-refractivity contribution < 1.29 is 9.59 Å². The highest BCUT2D eigenvalue weighted by molar-refractivity contribution is 5.92. The van der Waals surface area contributed by atoms with Crippen molar-refractivity contribution in [2.24, 2.45) is 0 Å². The third-order valence-electron chi connectivity index (χ3n) is 3.60. The SMILES string of the molecule is CC(=O)Nc1ccc(NC(=O)Cn2nc(C)n3cccc3c2=O)cc1. The van der Waals surface area contributed by atoms with Crippen LogP contribution in [0.4, 0.5) is 11.4 Å². The van der Waals surface area contributed by atoms with E-state index in [1.807, 2.05) is 0 Å². The van der Waals surface area contributed by atoms with Crippen LogP contribution in [-0.4, -0.2) is 26.0 Å². The Morgan fingerprint density at radius 2 is 1.72 bits per heavy atom. The van der Waals surface area contributed by atoms with Gasteiger partial charge in [0, 0.05) is 24.5 Å². The molecule has 1 aromatic carbocycles. The maximum Gasteiger partial charge on any atom is 0.291 e. The van der Waals surface area contributed by atoms with E-state index in [0.29, 0.717) is 22.7 Å². The van der Waals surface area contributed by atoms with Crippen LogP contribution >= 0.6 is 0 Å². The second kappa shape index (κ2) is 6.60. The average molecular weight is 339 g/mol. The van der Waals surface area contributed by atoms with E-state index >= 15 is 0 Å². The van der Waals surface area contributed by atoms with Crippen LogP contribution in [0.15, 0.2) is 47.4 Å². The molecule has 0 saturated carbocycles. The summed E-state index contributed by atoms with van der Waals surface area (Å²) < 4.78 is 2.82. The molecule has 8 heteroatoms. The molecular formula is C17H17N5O3. The maximum absolute atomic E-state index is 12.3. The Kier molecular flexibility index (Phi) is 4.34. The Labute approximate surface area is 143 Å². The summed E-state index contributed by atoms with van der Waals surface area (Å²) in [6.45, 7) is 3.00. The Balaban J connectivity index is 1.73. The molecule has 2 N–H and O–H groups in total. The number of fused-ring (bicyclic) bond motifs is 1. The summed E-state index contributed by atoms with van der Waals surface area (Å²) in [5.74, 6) is 0.0858. The lowest BCUT2D eigenvalue weighted by molar-refractivity contribution is -0.117. The Morgan fingerprint density at radius 1 is 1.08 bits per heavy atom. The van der Waals surface area contributed by atoms with E-state index in [4.69, 9.17) is 0 Å². The predicted molar refractivity (Wildman–Crippen MR) is 93.6 cm³/mol. The van der Waals surface area contributed by atoms with Crippen LogP contribution in [0, 0.1) is 6.92 Å². The molecule has 3 rings (SSSR count). The van der Waals surface area contributed by atoms with Crippen LogP contribution in [-0.2, 0) is 16.1 Å². The summed E-state index contributed by atoms with van der Waals surface area (Å²) in [4.78, 5) is 35.5. The van der Waals surface area contributed by atoms with Crippen molar-refractivity contribution in [3.05, 3.63) is 58.8 Å². The summed E-state index contributed by atoms with van der Waals surface area (Å²) in [6, 6.07) is 10.1. The lowest BCUT2D eigenvalue weighted by Gasteiger charge is -2.09. The molecule has 2 aromatic heterocycles. The van der Waals surface area contributed by atoms with Crippen LogP contribution in [0.1, 0.15) is 12.7 Å². The Morgan fingerprint density at radius 3 is 2.36 bits per heavy atom. The van der Waals surface area contributed by atoms with Gasteiger partial charge in [-0.3, -0.25) is 18.8 Å². The number of carbonyl (C=O) groups excluding carboxylic acids is 2. The molecule has 0 unspecified atom stereocenters. The largest absolute Gasteiger partial charge is 0.326 e. The lowest BCUT2D eigenvalue weighted by atomic mass is 10.2. The number of carbonyl (C=O) groups is 2. The van der Waals surface area contributed by atoms with E-state index < -0.39 is 0 Å². The number of anilines is 2. The second-order valence-corrected chi connectivity index (χ2v) is 5.58. The number of nitrogens with zero attached hydrogens (tertiary/aromatic N) is 3. The van der Waals surface area contributed by atoms with Gasteiger partial charge in [0.1, 0.15) is 17.9 Å². The molecule has 3 aromatic rings. The normalized spacial score (nSPS) is 10.6. The van der Waals surface area contributed by atoms with Gasteiger partial charge in [0.2, 0.25) is 11.8 Å². The molecule has 0 bridgehead atoms. The first-order valence-corrected chi connectivity index (χ1v) is 7.66. The minimum absolute atomic E-state index is 0.168. The number of hydrogen-bond acceptors (Lipinski definition) is 4. The average Bonchev–Trinajstić information content (AvgIpc) is 3.04. The van der Waals surface area contributed by atoms with Gasteiger partial charge in [0.05, 0.1) is 0 Å². The first-order valence-electron chi connectivity index (χ1n) is 7.66. The van der Waals surface area contributed by atoms with Crippen LogP contribution in [0.25, 0.3) is 5.52 Å². The quantitative estimate of drug-likeness (QED) is 0.751. The number of aromatic nitrogens is 3. The zero-order valence-electron chi connectivity index (χ0n) is 13.8. The number of benzene rings is 1. The minimum atomic E-state index is -0.364. The molecule has 0 radical (unpaired) electrons. The van der Waals surface area contributed by atoms with E-state index in [1.54, 1.807) is 53.9 Å². The van der Waals surface area contributed by atoms with Crippen molar-refractivity contribution in [3.63, 3.8) is 0 Å². The van der Waals surface area contributed by atoms with Gasteiger partial charge in [-0.15, -0.1) is 0 Å². The van der Waals surface area contributed by atoms with Crippen molar-refractivity contribution in [1.82, 2.24) is 14.2 Å². The van der Waals surface area contributed by atoms with Gasteiger partial charge in [-0.05, 0) is 43.3 Å². The smallest absolute Gasteiger partial charge is 0.291 e. The Hall–Kier alpha value is -3.42. The molecule has 25 heavy (non-hydrogen) atoms. The van der Waals surface area contributed by atoms with Crippen molar-refractivity contribution in [2.75, 3.05) is 10.6 Å². The number of aryl methyl sites for hydroxylation is 1. The van der Waals surface area contributed by atoms with Gasteiger partial charge < -0.3 is 10.6 Å². The molecule has 0 saturated heterocycles. The molecule has 0 atom stereocenters. The summed E-state index contributed by atoms with van der Waals surface area (Å²) in [7, 11) is 0. The summed E-state index contributed by atoms with van der Waals surface area (Å²) in [6.07, 6.45) is 1.75. The molecule has 0 aliphatic rings. The number of nitrogens with one attached hydrogen (secondary N) is 2. The van der Waals surface area contributed by atoms with Gasteiger partial charge in [-0.25, -0.2) is 4.68 Å². The summed E-state index contributed by atoms with van der Waals surface area (Å²) in [5, 5.41) is 9.51. The number of amides is 2. The van der Waals surface area contributed by atoms with Crippen molar-refractivity contribution >= 4 is 28.7 Å². The standard InChI is InChI=1S/C17H17N5O3/c1-11-20-22(17(25)15-4-3-9-21(11)15)10-16(24)19-14-7-5-13(6-8-14)18-12(2)23/h3-9H,10H2,1-2H3,(H,18,23)(H,19,24). The zero-order chi connectivity index (χ0) is 18.0. The van der Waals surface area contributed by atoms with Gasteiger partial charge >= 0.3 is 0 Å². The van der Waals surface area contributed by atoms with Crippen LogP contribution in [0.5, 0.6) is 0 Å². The molecule has 2 heterocycles. The molecule has 0 aliphatic carbocycles. The summed E-state index contributed by atoms with van der Waals surface area (Å²) in [5.41, 5.74) is 1.34. The molecule has 0 aliphatic heterocycles. The maximum atomic E-state index is 12.3. The molecule has 2 amide bonds. The topological polar surface area (TPSA) is 97.5 Å². The van der Waals surface area contributed by atoms with Crippen LogP contribution in [0.3, 0.4) is 0 Å². The highest BCUT2D eigenvalue weighted by Crippen LogP contribution is 2.13. The van der Waals surface area contributed by atoms with Crippen LogP contribution < -0.4 is 16.2 Å².